The molecule has 0 spiro atoms. The van der Waals surface area contributed by atoms with Crippen molar-refractivity contribution in [3.63, 3.8) is 0 Å². The van der Waals surface area contributed by atoms with Crippen LogP contribution in [0.3, 0.4) is 0 Å². The molecule has 1 amide bonds. The van der Waals surface area contributed by atoms with Crippen LogP contribution < -0.4 is 10.9 Å². The van der Waals surface area contributed by atoms with Crippen LogP contribution in [0.4, 0.5) is 0 Å². The van der Waals surface area contributed by atoms with E-state index in [4.69, 9.17) is 0 Å². The third kappa shape index (κ3) is 3.79. The van der Waals surface area contributed by atoms with Crippen molar-refractivity contribution in [3.8, 4) is 0 Å². The molecule has 2 rings (SSSR count). The minimum Gasteiger partial charge on any atom is -0.351 e. The third-order valence-electron chi connectivity index (χ3n) is 2.76. The van der Waals surface area contributed by atoms with Gasteiger partial charge in [-0.25, -0.2) is 0 Å². The van der Waals surface area contributed by atoms with Crippen molar-refractivity contribution < 1.29 is 4.79 Å². The Kier molecular flexibility index (Phi) is 4.52. The summed E-state index contributed by atoms with van der Waals surface area (Å²) in [6, 6.07) is 7.17. The maximum Gasteiger partial charge on any atom is 0.261 e. The van der Waals surface area contributed by atoms with E-state index in [1.54, 1.807) is 22.9 Å². The Labute approximate surface area is 115 Å². The van der Waals surface area contributed by atoms with Gasteiger partial charge in [-0.1, -0.05) is 6.07 Å². The Balaban J connectivity index is 1.78. The summed E-state index contributed by atoms with van der Waals surface area (Å²) < 4.78 is 1.66. The Bertz CT molecular complexity index is 602. The van der Waals surface area contributed by atoms with E-state index in [0.717, 1.165) is 12.0 Å². The third-order valence-corrected chi connectivity index (χ3v) is 3.63. The van der Waals surface area contributed by atoms with Gasteiger partial charge < -0.3 is 9.88 Å². The molecule has 1 N–H and O–H groups in total. The molecule has 0 fully saturated rings. The van der Waals surface area contributed by atoms with E-state index >= 15 is 0 Å². The Morgan fingerprint density at radius 1 is 1.42 bits per heavy atom. The number of thiophene rings is 1. The van der Waals surface area contributed by atoms with Gasteiger partial charge in [0.1, 0.15) is 0 Å². The molecular formula is C14H16N2O2S. The molecule has 2 aromatic heterocycles. The lowest BCUT2D eigenvalue weighted by molar-refractivity contribution is 0.0957. The van der Waals surface area contributed by atoms with Crippen LogP contribution in [0, 0.1) is 6.92 Å². The number of carbonyl (C=O) groups is 1. The van der Waals surface area contributed by atoms with Crippen molar-refractivity contribution in [2.24, 2.45) is 0 Å². The number of rotatable bonds is 5. The van der Waals surface area contributed by atoms with Gasteiger partial charge in [0.05, 0.1) is 4.88 Å². The molecule has 0 aliphatic heterocycles. The summed E-state index contributed by atoms with van der Waals surface area (Å²) in [5.74, 6) is -0.0498. The first-order valence-corrected chi connectivity index (χ1v) is 7.03. The monoisotopic (exact) mass is 276 g/mol. The molecule has 0 bridgehead atoms. The Morgan fingerprint density at radius 3 is 2.95 bits per heavy atom. The van der Waals surface area contributed by atoms with E-state index in [1.807, 2.05) is 24.4 Å². The SMILES string of the molecule is Cc1ccn(CCCNC(=O)c2cccs2)c(=O)c1. The largest absolute Gasteiger partial charge is 0.351 e. The molecule has 2 heterocycles. The first kappa shape index (κ1) is 13.5. The van der Waals surface area contributed by atoms with Crippen molar-refractivity contribution in [2.75, 3.05) is 6.54 Å². The van der Waals surface area contributed by atoms with Crippen LogP contribution in [0.1, 0.15) is 21.7 Å². The average Bonchev–Trinajstić information content (AvgIpc) is 2.90. The van der Waals surface area contributed by atoms with E-state index in [0.29, 0.717) is 18.0 Å². The van der Waals surface area contributed by atoms with Crippen LogP contribution in [-0.4, -0.2) is 17.0 Å². The highest BCUT2D eigenvalue weighted by molar-refractivity contribution is 7.12. The van der Waals surface area contributed by atoms with Crippen molar-refractivity contribution in [1.82, 2.24) is 9.88 Å². The molecule has 2 aromatic rings. The lowest BCUT2D eigenvalue weighted by Crippen LogP contribution is -2.26. The van der Waals surface area contributed by atoms with Crippen LogP contribution >= 0.6 is 11.3 Å². The molecule has 0 radical (unpaired) electrons. The van der Waals surface area contributed by atoms with Crippen molar-refractivity contribution >= 4 is 17.2 Å². The van der Waals surface area contributed by atoms with Crippen LogP contribution in [0.25, 0.3) is 0 Å². The highest BCUT2D eigenvalue weighted by Gasteiger charge is 2.04. The Morgan fingerprint density at radius 2 is 2.26 bits per heavy atom. The maximum absolute atomic E-state index is 11.7. The molecule has 0 unspecified atom stereocenters. The molecule has 0 aromatic carbocycles. The van der Waals surface area contributed by atoms with E-state index in [1.165, 1.54) is 11.3 Å². The lowest BCUT2D eigenvalue weighted by Gasteiger charge is -2.06. The smallest absolute Gasteiger partial charge is 0.261 e. The van der Waals surface area contributed by atoms with Crippen molar-refractivity contribution in [2.45, 2.75) is 19.9 Å². The number of amides is 1. The zero-order chi connectivity index (χ0) is 13.7. The summed E-state index contributed by atoms with van der Waals surface area (Å²) >= 11 is 1.42. The summed E-state index contributed by atoms with van der Waals surface area (Å²) in [6.45, 7) is 3.08. The summed E-state index contributed by atoms with van der Waals surface area (Å²) in [7, 11) is 0. The summed E-state index contributed by atoms with van der Waals surface area (Å²) in [5, 5.41) is 4.72. The molecule has 100 valence electrons. The lowest BCUT2D eigenvalue weighted by atomic mass is 10.3. The fourth-order valence-corrected chi connectivity index (χ4v) is 2.38. The van der Waals surface area contributed by atoms with Crippen molar-refractivity contribution in [3.05, 3.63) is 56.6 Å². The Hall–Kier alpha value is -1.88. The predicted octanol–water partition coefficient (Wildman–Crippen LogP) is 2.04. The number of pyridine rings is 1. The topological polar surface area (TPSA) is 51.1 Å². The standard InChI is InChI=1S/C14H16N2O2S/c1-11-5-8-16(13(17)10-11)7-3-6-15-14(18)12-4-2-9-19-12/h2,4-5,8-10H,3,6-7H2,1H3,(H,15,18). The van der Waals surface area contributed by atoms with Crippen LogP contribution in [0.5, 0.6) is 0 Å². The predicted molar refractivity (Wildman–Crippen MR) is 76.7 cm³/mol. The number of hydrogen-bond donors (Lipinski definition) is 1. The van der Waals surface area contributed by atoms with Crippen molar-refractivity contribution in [1.29, 1.82) is 0 Å². The number of aromatic nitrogens is 1. The summed E-state index contributed by atoms with van der Waals surface area (Å²) in [5.41, 5.74) is 0.969. The minimum atomic E-state index is -0.0498. The highest BCUT2D eigenvalue weighted by atomic mass is 32.1. The molecule has 0 atom stereocenters. The molecule has 5 heteroatoms. The number of nitrogens with one attached hydrogen (secondary N) is 1. The second-order valence-corrected chi connectivity index (χ2v) is 5.27. The van der Waals surface area contributed by atoms with Gasteiger partial charge in [0.15, 0.2) is 0 Å². The number of hydrogen-bond acceptors (Lipinski definition) is 3. The number of nitrogens with zero attached hydrogens (tertiary/aromatic N) is 1. The maximum atomic E-state index is 11.7. The molecular weight excluding hydrogens is 260 g/mol. The van der Waals surface area contributed by atoms with Gasteiger partial charge in [0, 0.05) is 25.4 Å². The van der Waals surface area contributed by atoms with Gasteiger partial charge in [0.2, 0.25) is 0 Å². The fourth-order valence-electron chi connectivity index (χ4n) is 1.74. The molecule has 0 saturated carbocycles. The van der Waals surface area contributed by atoms with E-state index in [2.05, 4.69) is 5.32 Å². The highest BCUT2D eigenvalue weighted by Crippen LogP contribution is 2.07. The molecule has 0 saturated heterocycles. The summed E-state index contributed by atoms with van der Waals surface area (Å²) in [6.07, 6.45) is 2.53. The minimum absolute atomic E-state index is 0.00424. The number of aryl methyl sites for hydroxylation is 2. The number of carbonyl (C=O) groups excluding carboxylic acids is 1. The fraction of sp³-hybridized carbons (Fsp3) is 0.286. The summed E-state index contributed by atoms with van der Waals surface area (Å²) in [4.78, 5) is 24.0. The van der Waals surface area contributed by atoms with E-state index < -0.39 is 0 Å². The molecule has 19 heavy (non-hydrogen) atoms. The van der Waals surface area contributed by atoms with Gasteiger partial charge in [-0.3, -0.25) is 9.59 Å². The van der Waals surface area contributed by atoms with Gasteiger partial charge in [-0.15, -0.1) is 11.3 Å². The normalized spacial score (nSPS) is 10.4. The van der Waals surface area contributed by atoms with Crippen LogP contribution in [0.2, 0.25) is 0 Å². The van der Waals surface area contributed by atoms with Crippen LogP contribution in [0.15, 0.2) is 40.6 Å². The zero-order valence-electron chi connectivity index (χ0n) is 10.8. The second kappa shape index (κ2) is 6.33. The molecule has 0 aliphatic rings. The van der Waals surface area contributed by atoms with E-state index in [-0.39, 0.29) is 11.5 Å². The van der Waals surface area contributed by atoms with Gasteiger partial charge in [-0.05, 0) is 36.4 Å². The van der Waals surface area contributed by atoms with Gasteiger partial charge >= 0.3 is 0 Å². The first-order valence-electron chi connectivity index (χ1n) is 6.15. The van der Waals surface area contributed by atoms with E-state index in [9.17, 15) is 9.59 Å². The average molecular weight is 276 g/mol. The second-order valence-electron chi connectivity index (χ2n) is 4.32. The molecule has 0 aliphatic carbocycles. The van der Waals surface area contributed by atoms with Crippen LogP contribution in [-0.2, 0) is 6.54 Å². The zero-order valence-corrected chi connectivity index (χ0v) is 11.6. The quantitative estimate of drug-likeness (QED) is 0.850. The molecule has 4 nitrogen and oxygen atoms in total. The van der Waals surface area contributed by atoms with Gasteiger partial charge in [-0.2, -0.15) is 0 Å². The van der Waals surface area contributed by atoms with Gasteiger partial charge in [0.25, 0.3) is 11.5 Å². The first-order chi connectivity index (χ1) is 9.16.